The molecule has 0 unspecified atom stereocenters. The van der Waals surface area contributed by atoms with Crippen molar-refractivity contribution >= 4 is 23.5 Å². The molecule has 1 aromatic carbocycles. The van der Waals surface area contributed by atoms with E-state index < -0.39 is 0 Å². The Morgan fingerprint density at radius 3 is 2.52 bits per heavy atom. The summed E-state index contributed by atoms with van der Waals surface area (Å²) in [7, 11) is 2.85. The average molecular weight is 322 g/mol. The highest BCUT2D eigenvalue weighted by Crippen LogP contribution is 2.13. The number of nitrogens with one attached hydrogen (secondary N) is 1. The first-order valence-corrected chi connectivity index (χ1v) is 7.20. The summed E-state index contributed by atoms with van der Waals surface area (Å²) in [5.74, 6) is -0.832. The minimum absolute atomic E-state index is 0.108. The number of anilines is 1. The van der Waals surface area contributed by atoms with E-state index in [0.717, 1.165) is 0 Å². The lowest BCUT2D eigenvalue weighted by Gasteiger charge is -2.22. The minimum Gasteiger partial charge on any atom is -0.469 e. The summed E-state index contributed by atoms with van der Waals surface area (Å²) in [5.41, 5.74) is 0.972. The van der Waals surface area contributed by atoms with Crippen molar-refractivity contribution in [3.63, 3.8) is 0 Å². The highest BCUT2D eigenvalue weighted by molar-refractivity contribution is 5.97. The maximum absolute atomic E-state index is 12.6. The van der Waals surface area contributed by atoms with E-state index >= 15 is 0 Å². The topological polar surface area (TPSA) is 84.9 Å². The lowest BCUT2D eigenvalue weighted by Crippen LogP contribution is -2.35. The van der Waals surface area contributed by atoms with E-state index in [1.807, 2.05) is 0 Å². The first-order chi connectivity index (χ1) is 11.0. The van der Waals surface area contributed by atoms with Crippen LogP contribution in [-0.2, 0) is 19.1 Å². The van der Waals surface area contributed by atoms with E-state index in [9.17, 15) is 14.4 Å². The predicted octanol–water partition coefficient (Wildman–Crippen LogP) is 1.30. The summed E-state index contributed by atoms with van der Waals surface area (Å²) in [5, 5.41) is 2.63. The van der Waals surface area contributed by atoms with E-state index in [1.165, 1.54) is 18.9 Å². The van der Waals surface area contributed by atoms with Gasteiger partial charge in [0.25, 0.3) is 5.91 Å². The van der Waals surface area contributed by atoms with Crippen molar-refractivity contribution < 1.29 is 23.9 Å². The van der Waals surface area contributed by atoms with Crippen molar-refractivity contribution in [1.29, 1.82) is 0 Å². The van der Waals surface area contributed by atoms with Gasteiger partial charge in [-0.25, -0.2) is 0 Å². The number of carbonyl (C=O) groups is 3. The van der Waals surface area contributed by atoms with Crippen LogP contribution < -0.4 is 5.32 Å². The SMILES string of the molecule is COCCN(CCC(=O)OC)C(=O)c1cccc(NC(C)=O)c1. The maximum atomic E-state index is 12.6. The standard InChI is InChI=1S/C16H22N2O5/c1-12(19)17-14-6-4-5-13(11-14)16(21)18(9-10-22-2)8-7-15(20)23-3/h4-6,11H,7-10H2,1-3H3,(H,17,19). The number of hydrogen-bond acceptors (Lipinski definition) is 5. The molecule has 0 heterocycles. The molecule has 0 saturated heterocycles. The molecular formula is C16H22N2O5. The first-order valence-electron chi connectivity index (χ1n) is 7.20. The number of amides is 2. The molecule has 0 aliphatic carbocycles. The van der Waals surface area contributed by atoms with Gasteiger partial charge < -0.3 is 19.7 Å². The normalized spacial score (nSPS) is 10.0. The fourth-order valence-electron chi connectivity index (χ4n) is 1.96. The fraction of sp³-hybridized carbons (Fsp3) is 0.438. The van der Waals surface area contributed by atoms with E-state index in [4.69, 9.17) is 4.74 Å². The lowest BCUT2D eigenvalue weighted by atomic mass is 10.1. The molecule has 0 spiro atoms. The van der Waals surface area contributed by atoms with Gasteiger partial charge in [0.15, 0.2) is 0 Å². The summed E-state index contributed by atoms with van der Waals surface area (Å²) in [6, 6.07) is 6.65. The Kier molecular flexibility index (Phi) is 7.76. The quantitative estimate of drug-likeness (QED) is 0.729. The van der Waals surface area contributed by atoms with Gasteiger partial charge in [-0.3, -0.25) is 14.4 Å². The van der Waals surface area contributed by atoms with Crippen LogP contribution in [-0.4, -0.2) is 56.6 Å². The zero-order valence-corrected chi connectivity index (χ0v) is 13.6. The van der Waals surface area contributed by atoms with Crippen molar-refractivity contribution in [2.75, 3.05) is 39.2 Å². The number of rotatable bonds is 8. The van der Waals surface area contributed by atoms with Gasteiger partial charge in [-0.05, 0) is 18.2 Å². The van der Waals surface area contributed by atoms with Crippen LogP contribution in [0.3, 0.4) is 0 Å². The van der Waals surface area contributed by atoms with E-state index in [1.54, 1.807) is 31.4 Å². The Bertz CT molecular complexity index is 559. The second-order valence-electron chi connectivity index (χ2n) is 4.87. The number of methoxy groups -OCH3 is 2. The Morgan fingerprint density at radius 2 is 1.91 bits per heavy atom. The number of hydrogen-bond donors (Lipinski definition) is 1. The van der Waals surface area contributed by atoms with Gasteiger partial charge in [0.05, 0.1) is 20.1 Å². The van der Waals surface area contributed by atoms with Crippen LogP contribution in [0.4, 0.5) is 5.69 Å². The van der Waals surface area contributed by atoms with E-state index in [-0.39, 0.29) is 30.7 Å². The number of carbonyl (C=O) groups excluding carboxylic acids is 3. The van der Waals surface area contributed by atoms with Gasteiger partial charge in [-0.2, -0.15) is 0 Å². The summed E-state index contributed by atoms with van der Waals surface area (Å²) >= 11 is 0. The van der Waals surface area contributed by atoms with Crippen LogP contribution in [0.15, 0.2) is 24.3 Å². The maximum Gasteiger partial charge on any atom is 0.307 e. The monoisotopic (exact) mass is 322 g/mol. The molecule has 23 heavy (non-hydrogen) atoms. The molecule has 1 N–H and O–H groups in total. The minimum atomic E-state index is -0.382. The highest BCUT2D eigenvalue weighted by Gasteiger charge is 2.17. The van der Waals surface area contributed by atoms with Crippen molar-refractivity contribution in [3.8, 4) is 0 Å². The summed E-state index contributed by atoms with van der Waals surface area (Å²) in [6.07, 6.45) is 0.108. The molecule has 0 saturated carbocycles. The molecule has 0 bridgehead atoms. The van der Waals surface area contributed by atoms with Crippen LogP contribution in [0.25, 0.3) is 0 Å². The van der Waals surface area contributed by atoms with E-state index in [0.29, 0.717) is 24.4 Å². The lowest BCUT2D eigenvalue weighted by molar-refractivity contribution is -0.140. The molecule has 0 fully saturated rings. The third kappa shape index (κ3) is 6.48. The van der Waals surface area contributed by atoms with Crippen LogP contribution in [0.5, 0.6) is 0 Å². The first kappa shape index (κ1) is 18.6. The molecule has 0 aromatic heterocycles. The zero-order valence-electron chi connectivity index (χ0n) is 13.6. The summed E-state index contributed by atoms with van der Waals surface area (Å²) in [4.78, 5) is 36.5. The third-order valence-corrected chi connectivity index (χ3v) is 3.10. The Labute approximate surface area is 135 Å². The number of nitrogens with zero attached hydrogens (tertiary/aromatic N) is 1. The largest absolute Gasteiger partial charge is 0.469 e. The molecule has 0 aliphatic rings. The summed E-state index contributed by atoms with van der Waals surface area (Å²) in [6.45, 7) is 2.35. The molecule has 0 atom stereocenters. The van der Waals surface area contributed by atoms with Gasteiger partial charge in [-0.15, -0.1) is 0 Å². The van der Waals surface area contributed by atoms with Crippen LogP contribution >= 0.6 is 0 Å². The predicted molar refractivity (Wildman–Crippen MR) is 85.2 cm³/mol. The molecule has 7 heteroatoms. The average Bonchev–Trinajstić information content (AvgIpc) is 2.53. The highest BCUT2D eigenvalue weighted by atomic mass is 16.5. The smallest absolute Gasteiger partial charge is 0.307 e. The van der Waals surface area contributed by atoms with E-state index in [2.05, 4.69) is 10.1 Å². The molecule has 7 nitrogen and oxygen atoms in total. The van der Waals surface area contributed by atoms with Gasteiger partial charge >= 0.3 is 5.97 Å². The van der Waals surface area contributed by atoms with Crippen molar-refractivity contribution in [3.05, 3.63) is 29.8 Å². The van der Waals surface area contributed by atoms with Gasteiger partial charge in [-0.1, -0.05) is 6.07 Å². The molecule has 1 aromatic rings. The van der Waals surface area contributed by atoms with Crippen molar-refractivity contribution in [1.82, 2.24) is 4.90 Å². The Balaban J connectivity index is 2.85. The molecule has 2 amide bonds. The number of ether oxygens (including phenoxy) is 2. The number of esters is 1. The van der Waals surface area contributed by atoms with Gasteiger partial charge in [0.1, 0.15) is 0 Å². The van der Waals surface area contributed by atoms with Gasteiger partial charge in [0, 0.05) is 38.4 Å². The van der Waals surface area contributed by atoms with Crippen LogP contribution in [0.1, 0.15) is 23.7 Å². The van der Waals surface area contributed by atoms with Crippen LogP contribution in [0.2, 0.25) is 0 Å². The van der Waals surface area contributed by atoms with Gasteiger partial charge in [0.2, 0.25) is 5.91 Å². The molecule has 0 aliphatic heterocycles. The Morgan fingerprint density at radius 1 is 1.17 bits per heavy atom. The zero-order chi connectivity index (χ0) is 17.2. The number of benzene rings is 1. The molecular weight excluding hydrogens is 300 g/mol. The van der Waals surface area contributed by atoms with Crippen molar-refractivity contribution in [2.45, 2.75) is 13.3 Å². The second-order valence-corrected chi connectivity index (χ2v) is 4.87. The molecule has 0 radical (unpaired) electrons. The molecule has 126 valence electrons. The fourth-order valence-corrected chi connectivity index (χ4v) is 1.96. The summed E-state index contributed by atoms with van der Waals surface area (Å²) < 4.78 is 9.60. The third-order valence-electron chi connectivity index (χ3n) is 3.10. The van der Waals surface area contributed by atoms with Crippen LogP contribution in [0, 0.1) is 0 Å². The molecule has 1 rings (SSSR count). The Hall–Kier alpha value is -2.41. The second kappa shape index (κ2) is 9.58. The van der Waals surface area contributed by atoms with Crippen molar-refractivity contribution in [2.24, 2.45) is 0 Å².